The van der Waals surface area contributed by atoms with E-state index in [2.05, 4.69) is 24.1 Å². The molecule has 0 saturated carbocycles. The second-order valence-corrected chi connectivity index (χ2v) is 10.1. The lowest BCUT2D eigenvalue weighted by Crippen LogP contribution is -2.47. The number of halogens is 3. The summed E-state index contributed by atoms with van der Waals surface area (Å²) in [5, 5.41) is 3.35. The molecular formula is C31H37F3N2O3. The molecule has 0 radical (unpaired) electrons. The highest BCUT2D eigenvalue weighted by Gasteiger charge is 2.31. The van der Waals surface area contributed by atoms with Gasteiger partial charge in [0, 0.05) is 43.5 Å². The van der Waals surface area contributed by atoms with E-state index < -0.39 is 11.6 Å². The number of ketones is 1. The number of benzene rings is 3. The summed E-state index contributed by atoms with van der Waals surface area (Å²) >= 11 is 0. The molecule has 8 heteroatoms. The lowest BCUT2D eigenvalue weighted by atomic mass is 9.88. The zero-order chi connectivity index (χ0) is 28.4. The highest BCUT2D eigenvalue weighted by Crippen LogP contribution is 2.30. The number of Topliss-reactive ketones (excluding diaryl/α,β-unsaturated/α-hetero) is 1. The Kier molecular flexibility index (Phi) is 10.9. The van der Waals surface area contributed by atoms with Crippen LogP contribution in [0.15, 0.2) is 60.7 Å². The van der Waals surface area contributed by atoms with Crippen LogP contribution in [0, 0.1) is 24.4 Å². The van der Waals surface area contributed by atoms with E-state index in [-0.39, 0.29) is 17.1 Å². The van der Waals surface area contributed by atoms with Gasteiger partial charge in [-0.15, -0.1) is 0 Å². The third kappa shape index (κ3) is 9.41. The van der Waals surface area contributed by atoms with Crippen LogP contribution in [0.1, 0.15) is 48.2 Å². The summed E-state index contributed by atoms with van der Waals surface area (Å²) in [5.41, 5.74) is 2.69. The summed E-state index contributed by atoms with van der Waals surface area (Å²) in [6.07, 6.45) is 1.56. The first kappa shape index (κ1) is 30.2. The lowest BCUT2D eigenvalue weighted by molar-refractivity contribution is 0.101. The van der Waals surface area contributed by atoms with Gasteiger partial charge in [-0.2, -0.15) is 0 Å². The molecule has 1 saturated heterocycles. The molecule has 1 aliphatic rings. The molecule has 0 bridgehead atoms. The first-order chi connectivity index (χ1) is 18.6. The Morgan fingerprint density at radius 1 is 0.949 bits per heavy atom. The van der Waals surface area contributed by atoms with Gasteiger partial charge < -0.3 is 14.8 Å². The third-order valence-electron chi connectivity index (χ3n) is 6.72. The minimum atomic E-state index is -0.842. The predicted octanol–water partition coefficient (Wildman–Crippen LogP) is 6.79. The van der Waals surface area contributed by atoms with Crippen LogP contribution in [0.25, 0.3) is 0 Å². The quantitative estimate of drug-likeness (QED) is 0.238. The van der Waals surface area contributed by atoms with E-state index in [0.29, 0.717) is 31.0 Å². The average molecular weight is 543 g/mol. The predicted molar refractivity (Wildman–Crippen MR) is 148 cm³/mol. The van der Waals surface area contributed by atoms with Crippen LogP contribution in [0.3, 0.4) is 0 Å². The largest absolute Gasteiger partial charge is 0.491 e. The van der Waals surface area contributed by atoms with Gasteiger partial charge in [-0.25, -0.2) is 13.2 Å². The van der Waals surface area contributed by atoms with Crippen LogP contribution in [-0.2, 0) is 11.3 Å². The van der Waals surface area contributed by atoms with Gasteiger partial charge >= 0.3 is 0 Å². The number of piperidine rings is 1. The van der Waals surface area contributed by atoms with Crippen LogP contribution in [0.4, 0.5) is 18.9 Å². The van der Waals surface area contributed by atoms with E-state index in [1.54, 1.807) is 13.2 Å². The SMILES string of the molecule is CC(=O)c1ccc(F)cc1NC1(C)CCN(Cc2ccc(F)c(F)c2)CC1.COCCOc1ccc(C)cc1. The van der Waals surface area contributed by atoms with E-state index >= 15 is 0 Å². The molecule has 3 aromatic carbocycles. The number of carbonyl (C=O) groups excluding carboxylic acids is 1. The fourth-order valence-corrected chi connectivity index (χ4v) is 4.36. The molecule has 3 aromatic rings. The van der Waals surface area contributed by atoms with Crippen LogP contribution in [0.5, 0.6) is 5.75 Å². The van der Waals surface area contributed by atoms with Crippen molar-refractivity contribution in [2.45, 2.75) is 45.7 Å². The summed E-state index contributed by atoms with van der Waals surface area (Å²) in [5.74, 6) is -1.28. The number of ether oxygens (including phenoxy) is 2. The number of likely N-dealkylation sites (tertiary alicyclic amines) is 1. The molecule has 4 rings (SSSR count). The van der Waals surface area contributed by atoms with Gasteiger partial charge in [-0.1, -0.05) is 23.8 Å². The molecule has 210 valence electrons. The Bertz CT molecular complexity index is 1230. The number of methoxy groups -OCH3 is 1. The van der Waals surface area contributed by atoms with E-state index in [1.165, 1.54) is 36.8 Å². The molecule has 0 atom stereocenters. The van der Waals surface area contributed by atoms with Gasteiger partial charge in [0.25, 0.3) is 0 Å². The molecule has 1 heterocycles. The molecule has 1 fully saturated rings. The van der Waals surface area contributed by atoms with Crippen LogP contribution in [0.2, 0.25) is 0 Å². The minimum Gasteiger partial charge on any atom is -0.491 e. The van der Waals surface area contributed by atoms with Gasteiger partial charge in [-0.3, -0.25) is 9.69 Å². The number of hydrogen-bond donors (Lipinski definition) is 1. The molecule has 0 aliphatic carbocycles. The van der Waals surface area contributed by atoms with Gasteiger partial charge in [-0.05, 0) is 81.6 Å². The maximum atomic E-state index is 13.6. The lowest BCUT2D eigenvalue weighted by Gasteiger charge is -2.41. The van der Waals surface area contributed by atoms with Crippen LogP contribution in [-0.4, -0.2) is 49.6 Å². The summed E-state index contributed by atoms with van der Waals surface area (Å²) in [4.78, 5) is 14.0. The van der Waals surface area contributed by atoms with Crippen molar-refractivity contribution in [2.24, 2.45) is 0 Å². The fourth-order valence-electron chi connectivity index (χ4n) is 4.36. The van der Waals surface area contributed by atoms with Gasteiger partial charge in [0.05, 0.1) is 6.61 Å². The number of nitrogens with one attached hydrogen (secondary N) is 1. The van der Waals surface area contributed by atoms with Gasteiger partial charge in [0.1, 0.15) is 18.2 Å². The third-order valence-corrected chi connectivity index (χ3v) is 6.72. The standard InChI is InChI=1S/C21H23F3N2O.C10H14O2/c1-14(27)17-5-4-16(22)12-20(17)25-21(2)7-9-26(10-8-21)13-15-3-6-18(23)19(24)11-15;1-9-3-5-10(6-4-9)12-8-7-11-2/h3-6,11-12,25H,7-10,13H2,1-2H3;3-6H,7-8H2,1-2H3. The molecule has 1 aliphatic heterocycles. The highest BCUT2D eigenvalue weighted by molar-refractivity contribution is 5.99. The Hall–Kier alpha value is -3.36. The van der Waals surface area contributed by atoms with Gasteiger partial charge in [0.15, 0.2) is 17.4 Å². The Labute approximate surface area is 228 Å². The van der Waals surface area contributed by atoms with Crippen molar-refractivity contribution in [1.29, 1.82) is 0 Å². The number of rotatable bonds is 9. The zero-order valence-corrected chi connectivity index (χ0v) is 23.0. The first-order valence-electron chi connectivity index (χ1n) is 13.0. The molecule has 0 unspecified atom stereocenters. The van der Waals surface area contributed by atoms with E-state index in [0.717, 1.165) is 43.3 Å². The second-order valence-electron chi connectivity index (χ2n) is 10.1. The monoisotopic (exact) mass is 542 g/mol. The summed E-state index contributed by atoms with van der Waals surface area (Å²) in [7, 11) is 1.67. The molecule has 0 aromatic heterocycles. The number of nitrogens with zero attached hydrogens (tertiary/aromatic N) is 1. The topological polar surface area (TPSA) is 50.8 Å². The molecule has 39 heavy (non-hydrogen) atoms. The number of anilines is 1. The van der Waals surface area contributed by atoms with E-state index in [1.807, 2.05) is 24.3 Å². The van der Waals surface area contributed by atoms with Crippen LogP contribution >= 0.6 is 0 Å². The Morgan fingerprint density at radius 2 is 1.64 bits per heavy atom. The molecule has 0 amide bonds. The first-order valence-corrected chi connectivity index (χ1v) is 13.0. The van der Waals surface area contributed by atoms with Crippen molar-refractivity contribution in [3.8, 4) is 5.75 Å². The molecule has 0 spiro atoms. The summed E-state index contributed by atoms with van der Waals surface area (Å²) < 4.78 is 50.3. The van der Waals surface area contributed by atoms with Gasteiger partial charge in [0.2, 0.25) is 0 Å². The number of carbonyl (C=O) groups is 1. The summed E-state index contributed by atoms with van der Waals surface area (Å²) in [6, 6.07) is 16.1. The Balaban J connectivity index is 0.000000293. The Morgan fingerprint density at radius 3 is 2.26 bits per heavy atom. The van der Waals surface area contributed by atoms with Crippen molar-refractivity contribution in [3.63, 3.8) is 0 Å². The number of hydrogen-bond acceptors (Lipinski definition) is 5. The average Bonchev–Trinajstić information content (AvgIpc) is 2.89. The molecular weight excluding hydrogens is 505 g/mol. The normalized spacial score (nSPS) is 14.7. The van der Waals surface area contributed by atoms with Crippen molar-refractivity contribution in [1.82, 2.24) is 4.90 Å². The summed E-state index contributed by atoms with van der Waals surface area (Å²) in [6.45, 7) is 8.88. The van der Waals surface area contributed by atoms with Crippen molar-refractivity contribution < 1.29 is 27.4 Å². The smallest absolute Gasteiger partial charge is 0.161 e. The molecule has 1 N–H and O–H groups in total. The maximum Gasteiger partial charge on any atom is 0.161 e. The fraction of sp³-hybridized carbons (Fsp3) is 0.387. The van der Waals surface area contributed by atoms with Crippen molar-refractivity contribution >= 4 is 11.5 Å². The molecule has 5 nitrogen and oxygen atoms in total. The van der Waals surface area contributed by atoms with Crippen molar-refractivity contribution in [3.05, 3.63) is 94.8 Å². The highest BCUT2D eigenvalue weighted by atomic mass is 19.2. The van der Waals surface area contributed by atoms with Crippen LogP contribution < -0.4 is 10.1 Å². The van der Waals surface area contributed by atoms with E-state index in [4.69, 9.17) is 9.47 Å². The van der Waals surface area contributed by atoms with Crippen molar-refractivity contribution in [2.75, 3.05) is 38.7 Å². The van der Waals surface area contributed by atoms with E-state index in [9.17, 15) is 18.0 Å². The zero-order valence-electron chi connectivity index (χ0n) is 23.0. The maximum absolute atomic E-state index is 13.6. The number of aryl methyl sites for hydroxylation is 1. The minimum absolute atomic E-state index is 0.114. The second kappa shape index (κ2) is 14.1.